The molecular weight excluding hydrogens is 274 g/mol. The minimum atomic E-state index is -0.0382. The van der Waals surface area contributed by atoms with Crippen molar-refractivity contribution in [2.75, 3.05) is 0 Å². The van der Waals surface area contributed by atoms with Crippen LogP contribution in [0, 0.1) is 23.7 Å². The number of imide groups is 1. The molecule has 0 unspecified atom stereocenters. The average molecular weight is 290 g/mol. The third-order valence-electron chi connectivity index (χ3n) is 5.31. The van der Waals surface area contributed by atoms with E-state index in [4.69, 9.17) is 11.6 Å². The Morgan fingerprint density at radius 3 is 2.25 bits per heavy atom. The molecular formula is C16H16ClNO2. The first-order chi connectivity index (χ1) is 9.66. The molecule has 0 spiro atoms. The van der Waals surface area contributed by atoms with Gasteiger partial charge in [-0.05, 0) is 42.7 Å². The van der Waals surface area contributed by atoms with E-state index in [1.165, 1.54) is 4.90 Å². The van der Waals surface area contributed by atoms with E-state index in [1.54, 1.807) is 6.07 Å². The Morgan fingerprint density at radius 1 is 1.05 bits per heavy atom. The van der Waals surface area contributed by atoms with E-state index in [0.717, 1.165) is 24.8 Å². The highest BCUT2D eigenvalue weighted by Crippen LogP contribution is 2.56. The first-order valence-electron chi connectivity index (χ1n) is 7.25. The summed E-state index contributed by atoms with van der Waals surface area (Å²) in [7, 11) is 0. The van der Waals surface area contributed by atoms with Gasteiger partial charge in [0.25, 0.3) is 0 Å². The average Bonchev–Trinajstić information content (AvgIpc) is 3.10. The van der Waals surface area contributed by atoms with Gasteiger partial charge in [0.2, 0.25) is 11.8 Å². The molecule has 2 bridgehead atoms. The predicted octanol–water partition coefficient (Wildman–Crippen LogP) is 2.87. The van der Waals surface area contributed by atoms with Gasteiger partial charge in [-0.25, -0.2) is 0 Å². The lowest BCUT2D eigenvalue weighted by molar-refractivity contribution is -0.141. The van der Waals surface area contributed by atoms with Crippen molar-refractivity contribution in [2.24, 2.45) is 23.7 Å². The minimum absolute atomic E-state index is 0.0344. The highest BCUT2D eigenvalue weighted by Gasteiger charge is 2.60. The van der Waals surface area contributed by atoms with Gasteiger partial charge in [-0.15, -0.1) is 0 Å². The molecule has 2 amide bonds. The summed E-state index contributed by atoms with van der Waals surface area (Å²) in [5.41, 5.74) is 0.850. The Labute approximate surface area is 122 Å². The van der Waals surface area contributed by atoms with Crippen molar-refractivity contribution in [1.82, 2.24) is 4.90 Å². The van der Waals surface area contributed by atoms with Crippen LogP contribution in [0.5, 0.6) is 0 Å². The monoisotopic (exact) mass is 289 g/mol. The summed E-state index contributed by atoms with van der Waals surface area (Å²) in [6.45, 7) is 0.323. The van der Waals surface area contributed by atoms with Crippen LogP contribution < -0.4 is 0 Å². The number of fused-ring (bicyclic) bond motifs is 5. The SMILES string of the molecule is O=C1[C@H]2[C@H]3CC[C@@H](C3)[C@@H]2C(=O)N1Cc1ccccc1Cl. The molecule has 3 aliphatic rings. The predicted molar refractivity (Wildman–Crippen MR) is 74.8 cm³/mol. The number of rotatable bonds is 2. The lowest BCUT2D eigenvalue weighted by atomic mass is 9.81. The van der Waals surface area contributed by atoms with Crippen LogP contribution in [-0.2, 0) is 16.1 Å². The topological polar surface area (TPSA) is 37.4 Å². The summed E-state index contributed by atoms with van der Waals surface area (Å²) in [6, 6.07) is 7.42. The lowest BCUT2D eigenvalue weighted by Gasteiger charge is -2.19. The Bertz CT molecular complexity index is 572. The van der Waals surface area contributed by atoms with Crippen LogP contribution in [0.15, 0.2) is 24.3 Å². The molecule has 4 atom stereocenters. The number of likely N-dealkylation sites (tertiary alicyclic amines) is 1. The van der Waals surface area contributed by atoms with Crippen molar-refractivity contribution in [3.8, 4) is 0 Å². The lowest BCUT2D eigenvalue weighted by Crippen LogP contribution is -2.32. The quantitative estimate of drug-likeness (QED) is 0.785. The van der Waals surface area contributed by atoms with Crippen molar-refractivity contribution < 1.29 is 9.59 Å². The second-order valence-corrected chi connectivity index (χ2v) is 6.65. The first-order valence-corrected chi connectivity index (χ1v) is 7.63. The van der Waals surface area contributed by atoms with Crippen LogP contribution in [0.25, 0.3) is 0 Å². The largest absolute Gasteiger partial charge is 0.278 e. The number of amides is 2. The summed E-state index contributed by atoms with van der Waals surface area (Å²) in [6.07, 6.45) is 3.31. The molecule has 0 N–H and O–H groups in total. The molecule has 3 nitrogen and oxygen atoms in total. The van der Waals surface area contributed by atoms with Gasteiger partial charge in [-0.2, -0.15) is 0 Å². The van der Waals surface area contributed by atoms with Crippen LogP contribution in [-0.4, -0.2) is 16.7 Å². The second kappa shape index (κ2) is 4.32. The van der Waals surface area contributed by atoms with Crippen LogP contribution >= 0.6 is 11.6 Å². The molecule has 1 aromatic carbocycles. The number of carbonyl (C=O) groups excluding carboxylic acids is 2. The van der Waals surface area contributed by atoms with Gasteiger partial charge in [0.05, 0.1) is 18.4 Å². The maximum absolute atomic E-state index is 12.6. The molecule has 0 radical (unpaired) electrons. The van der Waals surface area contributed by atoms with Crippen molar-refractivity contribution in [3.63, 3.8) is 0 Å². The highest BCUT2D eigenvalue weighted by molar-refractivity contribution is 6.31. The van der Waals surface area contributed by atoms with Gasteiger partial charge in [0, 0.05) is 5.02 Å². The van der Waals surface area contributed by atoms with E-state index < -0.39 is 0 Å². The number of hydrogen-bond acceptors (Lipinski definition) is 2. The minimum Gasteiger partial charge on any atom is -0.278 e. The molecule has 1 heterocycles. The zero-order chi connectivity index (χ0) is 13.9. The van der Waals surface area contributed by atoms with E-state index in [2.05, 4.69) is 0 Å². The molecule has 1 aromatic rings. The molecule has 1 saturated heterocycles. The Hall–Kier alpha value is -1.35. The number of halogens is 1. The Balaban J connectivity index is 1.63. The summed E-state index contributed by atoms with van der Waals surface area (Å²) in [5.74, 6) is 0.877. The first kappa shape index (κ1) is 12.4. The van der Waals surface area contributed by atoms with Crippen molar-refractivity contribution in [1.29, 1.82) is 0 Å². The molecule has 2 aliphatic carbocycles. The van der Waals surface area contributed by atoms with Crippen molar-refractivity contribution in [2.45, 2.75) is 25.8 Å². The van der Waals surface area contributed by atoms with Gasteiger partial charge in [-0.1, -0.05) is 29.8 Å². The molecule has 104 valence electrons. The van der Waals surface area contributed by atoms with Gasteiger partial charge in [0.1, 0.15) is 0 Å². The van der Waals surface area contributed by atoms with Gasteiger partial charge >= 0.3 is 0 Å². The van der Waals surface area contributed by atoms with Crippen LogP contribution in [0.2, 0.25) is 5.02 Å². The molecule has 4 rings (SSSR count). The van der Waals surface area contributed by atoms with E-state index >= 15 is 0 Å². The molecule has 20 heavy (non-hydrogen) atoms. The van der Waals surface area contributed by atoms with E-state index in [-0.39, 0.29) is 23.7 Å². The molecule has 2 saturated carbocycles. The number of hydrogen-bond donors (Lipinski definition) is 0. The number of benzene rings is 1. The van der Waals surface area contributed by atoms with Gasteiger partial charge in [-0.3, -0.25) is 14.5 Å². The third-order valence-corrected chi connectivity index (χ3v) is 5.67. The highest BCUT2D eigenvalue weighted by atomic mass is 35.5. The fourth-order valence-corrected chi connectivity index (χ4v) is 4.62. The summed E-state index contributed by atoms with van der Waals surface area (Å²) in [4.78, 5) is 26.6. The fourth-order valence-electron chi connectivity index (χ4n) is 4.42. The molecule has 4 heteroatoms. The maximum Gasteiger partial charge on any atom is 0.233 e. The van der Waals surface area contributed by atoms with E-state index in [9.17, 15) is 9.59 Å². The zero-order valence-corrected chi connectivity index (χ0v) is 11.8. The molecule has 3 fully saturated rings. The standard InChI is InChI=1S/C16H16ClNO2/c17-12-4-2-1-3-11(12)8-18-15(19)13-9-5-6-10(7-9)14(13)16(18)20/h1-4,9-10,13-14H,5-8H2/t9-,10-,13-,14-/m0/s1. The molecule has 1 aliphatic heterocycles. The second-order valence-electron chi connectivity index (χ2n) is 6.24. The third kappa shape index (κ3) is 1.59. The van der Waals surface area contributed by atoms with Crippen molar-refractivity contribution >= 4 is 23.4 Å². The smallest absolute Gasteiger partial charge is 0.233 e. The van der Waals surface area contributed by atoms with Crippen LogP contribution in [0.1, 0.15) is 24.8 Å². The fraction of sp³-hybridized carbons (Fsp3) is 0.500. The summed E-state index contributed by atoms with van der Waals surface area (Å²) < 4.78 is 0. The summed E-state index contributed by atoms with van der Waals surface area (Å²) in [5, 5.41) is 0.619. The van der Waals surface area contributed by atoms with Gasteiger partial charge in [0.15, 0.2) is 0 Å². The number of carbonyl (C=O) groups is 2. The maximum atomic E-state index is 12.6. The van der Waals surface area contributed by atoms with Crippen molar-refractivity contribution in [3.05, 3.63) is 34.9 Å². The van der Waals surface area contributed by atoms with E-state index in [1.807, 2.05) is 18.2 Å². The van der Waals surface area contributed by atoms with Gasteiger partial charge < -0.3 is 0 Å². The van der Waals surface area contributed by atoms with Crippen LogP contribution in [0.4, 0.5) is 0 Å². The van der Waals surface area contributed by atoms with Crippen LogP contribution in [0.3, 0.4) is 0 Å². The van der Waals surface area contributed by atoms with E-state index in [0.29, 0.717) is 23.4 Å². The summed E-state index contributed by atoms with van der Waals surface area (Å²) >= 11 is 6.14. The molecule has 0 aromatic heterocycles. The Morgan fingerprint density at radius 2 is 1.65 bits per heavy atom. The normalized spacial score (nSPS) is 35.0. The zero-order valence-electron chi connectivity index (χ0n) is 11.1. The number of nitrogens with zero attached hydrogens (tertiary/aromatic N) is 1. The Kier molecular flexibility index (Phi) is 2.68.